The number of nitrogens with zero attached hydrogens (tertiary/aromatic N) is 1. The molecule has 1 fully saturated rings. The van der Waals surface area contributed by atoms with Gasteiger partial charge in [0, 0.05) is 22.0 Å². The standard InChI is InChI=1S/C16H21Br2NO/c1-2-4-12-5-3-9-19(10-8-12)16(20)14-11-13(17)6-7-15(14)18/h6-7,11-12H,2-5,8-10H2,1H3. The van der Waals surface area contributed by atoms with Gasteiger partial charge in [-0.25, -0.2) is 0 Å². The molecule has 1 unspecified atom stereocenters. The van der Waals surface area contributed by atoms with Gasteiger partial charge in [-0.15, -0.1) is 0 Å². The summed E-state index contributed by atoms with van der Waals surface area (Å²) in [5.74, 6) is 0.944. The van der Waals surface area contributed by atoms with Gasteiger partial charge >= 0.3 is 0 Å². The fourth-order valence-corrected chi connectivity index (χ4v) is 3.67. The summed E-state index contributed by atoms with van der Waals surface area (Å²) in [6, 6.07) is 5.77. The molecule has 0 aromatic heterocycles. The third-order valence-electron chi connectivity index (χ3n) is 3.99. The smallest absolute Gasteiger partial charge is 0.255 e. The van der Waals surface area contributed by atoms with Crippen molar-refractivity contribution in [2.45, 2.75) is 39.0 Å². The van der Waals surface area contributed by atoms with Crippen molar-refractivity contribution < 1.29 is 4.79 Å². The summed E-state index contributed by atoms with van der Waals surface area (Å²) in [7, 11) is 0. The van der Waals surface area contributed by atoms with E-state index in [1.54, 1.807) is 0 Å². The monoisotopic (exact) mass is 401 g/mol. The van der Waals surface area contributed by atoms with Gasteiger partial charge in [-0.05, 0) is 59.3 Å². The zero-order chi connectivity index (χ0) is 14.5. The van der Waals surface area contributed by atoms with Crippen LogP contribution in [-0.2, 0) is 0 Å². The van der Waals surface area contributed by atoms with Crippen LogP contribution >= 0.6 is 31.9 Å². The number of likely N-dealkylation sites (tertiary alicyclic amines) is 1. The van der Waals surface area contributed by atoms with Crippen molar-refractivity contribution in [2.24, 2.45) is 5.92 Å². The number of amides is 1. The lowest BCUT2D eigenvalue weighted by Crippen LogP contribution is -2.32. The molecule has 1 aliphatic heterocycles. The predicted octanol–water partition coefficient (Wildman–Crippen LogP) is 5.25. The first-order valence-electron chi connectivity index (χ1n) is 7.36. The highest BCUT2D eigenvalue weighted by Crippen LogP contribution is 2.26. The Hall–Kier alpha value is -0.350. The third-order valence-corrected chi connectivity index (χ3v) is 5.18. The molecule has 2 nitrogen and oxygen atoms in total. The fourth-order valence-electron chi connectivity index (χ4n) is 2.90. The predicted molar refractivity (Wildman–Crippen MR) is 90.0 cm³/mol. The van der Waals surface area contributed by atoms with Crippen LogP contribution in [0.1, 0.15) is 49.4 Å². The SMILES string of the molecule is CCCC1CCCN(C(=O)c2cc(Br)ccc2Br)CC1. The maximum absolute atomic E-state index is 12.7. The number of carbonyl (C=O) groups is 1. The molecule has 1 aromatic carbocycles. The maximum Gasteiger partial charge on any atom is 0.255 e. The number of carbonyl (C=O) groups excluding carboxylic acids is 1. The van der Waals surface area contributed by atoms with Crippen LogP contribution in [0.2, 0.25) is 0 Å². The minimum absolute atomic E-state index is 0.148. The Kier molecular flexibility index (Phi) is 6.09. The van der Waals surface area contributed by atoms with Gasteiger partial charge in [0.15, 0.2) is 0 Å². The molecule has 110 valence electrons. The van der Waals surface area contributed by atoms with E-state index in [4.69, 9.17) is 0 Å². The molecule has 0 spiro atoms. The highest BCUT2D eigenvalue weighted by atomic mass is 79.9. The van der Waals surface area contributed by atoms with Crippen molar-refractivity contribution in [2.75, 3.05) is 13.1 Å². The van der Waals surface area contributed by atoms with E-state index < -0.39 is 0 Å². The van der Waals surface area contributed by atoms with E-state index in [0.717, 1.165) is 46.4 Å². The van der Waals surface area contributed by atoms with Crippen molar-refractivity contribution in [3.8, 4) is 0 Å². The number of hydrogen-bond donors (Lipinski definition) is 0. The Morgan fingerprint density at radius 2 is 2.10 bits per heavy atom. The topological polar surface area (TPSA) is 20.3 Å². The van der Waals surface area contributed by atoms with Gasteiger partial charge in [-0.1, -0.05) is 35.7 Å². The van der Waals surface area contributed by atoms with E-state index in [0.29, 0.717) is 0 Å². The number of hydrogen-bond acceptors (Lipinski definition) is 1. The van der Waals surface area contributed by atoms with E-state index in [2.05, 4.69) is 38.8 Å². The number of benzene rings is 1. The molecule has 0 aliphatic carbocycles. The molecular weight excluding hydrogens is 382 g/mol. The third kappa shape index (κ3) is 4.08. The first-order chi connectivity index (χ1) is 9.61. The van der Waals surface area contributed by atoms with E-state index >= 15 is 0 Å². The van der Waals surface area contributed by atoms with E-state index in [1.807, 2.05) is 23.1 Å². The molecule has 1 heterocycles. The molecule has 0 bridgehead atoms. The van der Waals surface area contributed by atoms with Gasteiger partial charge in [0.2, 0.25) is 0 Å². The van der Waals surface area contributed by atoms with Crippen molar-refractivity contribution >= 4 is 37.8 Å². The molecule has 0 N–H and O–H groups in total. The summed E-state index contributed by atoms with van der Waals surface area (Å²) in [5, 5.41) is 0. The Balaban J connectivity index is 2.07. The largest absolute Gasteiger partial charge is 0.339 e. The molecular formula is C16H21Br2NO. The first kappa shape index (κ1) is 16.0. The highest BCUT2D eigenvalue weighted by molar-refractivity contribution is 9.11. The summed E-state index contributed by atoms with van der Waals surface area (Å²) >= 11 is 6.93. The summed E-state index contributed by atoms with van der Waals surface area (Å²) in [6.07, 6.45) is 6.07. The lowest BCUT2D eigenvalue weighted by molar-refractivity contribution is 0.0759. The molecule has 4 heteroatoms. The van der Waals surface area contributed by atoms with Crippen LogP contribution in [0.15, 0.2) is 27.1 Å². The second-order valence-electron chi connectivity index (χ2n) is 5.50. The van der Waals surface area contributed by atoms with E-state index in [1.165, 1.54) is 19.3 Å². The van der Waals surface area contributed by atoms with Crippen LogP contribution in [0.3, 0.4) is 0 Å². The van der Waals surface area contributed by atoms with E-state index in [9.17, 15) is 4.79 Å². The molecule has 20 heavy (non-hydrogen) atoms. The molecule has 1 saturated heterocycles. The lowest BCUT2D eigenvalue weighted by Gasteiger charge is -2.21. The fraction of sp³-hybridized carbons (Fsp3) is 0.562. The minimum atomic E-state index is 0.148. The van der Waals surface area contributed by atoms with Crippen LogP contribution in [0, 0.1) is 5.92 Å². The van der Waals surface area contributed by atoms with Crippen LogP contribution < -0.4 is 0 Å². The summed E-state index contributed by atoms with van der Waals surface area (Å²) in [6.45, 7) is 4.02. The Morgan fingerprint density at radius 1 is 1.30 bits per heavy atom. The summed E-state index contributed by atoms with van der Waals surface area (Å²) < 4.78 is 1.82. The van der Waals surface area contributed by atoms with Crippen molar-refractivity contribution in [3.05, 3.63) is 32.7 Å². The van der Waals surface area contributed by atoms with Crippen molar-refractivity contribution in [1.82, 2.24) is 4.90 Å². The van der Waals surface area contributed by atoms with Gasteiger partial charge in [0.05, 0.1) is 5.56 Å². The van der Waals surface area contributed by atoms with Crippen LogP contribution in [-0.4, -0.2) is 23.9 Å². The molecule has 0 saturated carbocycles. The molecule has 1 aliphatic rings. The summed E-state index contributed by atoms with van der Waals surface area (Å²) in [5.41, 5.74) is 0.758. The molecule has 1 atom stereocenters. The summed E-state index contributed by atoms with van der Waals surface area (Å²) in [4.78, 5) is 14.7. The zero-order valence-electron chi connectivity index (χ0n) is 11.9. The van der Waals surface area contributed by atoms with Gasteiger partial charge in [-0.3, -0.25) is 4.79 Å². The quantitative estimate of drug-likeness (QED) is 0.675. The molecule has 1 aromatic rings. The van der Waals surface area contributed by atoms with Gasteiger partial charge < -0.3 is 4.90 Å². The number of rotatable bonds is 3. The minimum Gasteiger partial charge on any atom is -0.339 e. The van der Waals surface area contributed by atoms with Crippen LogP contribution in [0.4, 0.5) is 0 Å². The Morgan fingerprint density at radius 3 is 2.85 bits per heavy atom. The van der Waals surface area contributed by atoms with Crippen molar-refractivity contribution in [1.29, 1.82) is 0 Å². The van der Waals surface area contributed by atoms with Gasteiger partial charge in [0.25, 0.3) is 5.91 Å². The second-order valence-corrected chi connectivity index (χ2v) is 7.27. The van der Waals surface area contributed by atoms with Crippen LogP contribution in [0.5, 0.6) is 0 Å². The molecule has 2 rings (SSSR count). The van der Waals surface area contributed by atoms with Crippen molar-refractivity contribution in [3.63, 3.8) is 0 Å². The highest BCUT2D eigenvalue weighted by Gasteiger charge is 2.22. The number of halogens is 2. The maximum atomic E-state index is 12.7. The Labute approximate surface area is 138 Å². The first-order valence-corrected chi connectivity index (χ1v) is 8.94. The average molecular weight is 403 g/mol. The van der Waals surface area contributed by atoms with Crippen LogP contribution in [0.25, 0.3) is 0 Å². The average Bonchev–Trinajstić information content (AvgIpc) is 2.67. The second kappa shape index (κ2) is 7.60. The molecule has 1 amide bonds. The van der Waals surface area contributed by atoms with Gasteiger partial charge in [0.1, 0.15) is 0 Å². The Bertz CT molecular complexity index is 476. The lowest BCUT2D eigenvalue weighted by atomic mass is 9.96. The van der Waals surface area contributed by atoms with E-state index in [-0.39, 0.29) is 5.91 Å². The normalized spacial score (nSPS) is 19.8. The zero-order valence-corrected chi connectivity index (χ0v) is 15.0. The molecule has 0 radical (unpaired) electrons. The van der Waals surface area contributed by atoms with Gasteiger partial charge in [-0.2, -0.15) is 0 Å².